The summed E-state index contributed by atoms with van der Waals surface area (Å²) < 4.78 is 43.7. The lowest BCUT2D eigenvalue weighted by molar-refractivity contribution is 0.416. The van der Waals surface area contributed by atoms with E-state index >= 15 is 0 Å². The van der Waals surface area contributed by atoms with Crippen molar-refractivity contribution in [1.82, 2.24) is 9.88 Å². The molecule has 0 aliphatic carbocycles. The Labute approximate surface area is 159 Å². The van der Waals surface area contributed by atoms with Crippen molar-refractivity contribution >= 4 is 21.6 Å². The number of aromatic nitrogens is 1. The molecule has 0 radical (unpaired) electrons. The van der Waals surface area contributed by atoms with Crippen LogP contribution in [0.5, 0.6) is 11.5 Å². The first kappa shape index (κ1) is 19.2. The molecule has 10 heteroatoms. The molecule has 7 nitrogen and oxygen atoms in total. The molecule has 2 aromatic carbocycles. The number of phenols is 2. The van der Waals surface area contributed by atoms with E-state index in [4.69, 9.17) is 16.1 Å². The molecule has 27 heavy (non-hydrogen) atoms. The van der Waals surface area contributed by atoms with E-state index in [2.05, 4.69) is 9.88 Å². The predicted octanol–water partition coefficient (Wildman–Crippen LogP) is 3.26. The highest BCUT2D eigenvalue weighted by Gasteiger charge is 2.23. The SMILES string of the molecule is CS(=O)(=O)NCc1noc(-c2cc(Cl)c(O)cc2O)c1-c1ccc(F)cc1. The zero-order valence-electron chi connectivity index (χ0n) is 13.9. The number of halogens is 2. The summed E-state index contributed by atoms with van der Waals surface area (Å²) in [5.41, 5.74) is 1.20. The van der Waals surface area contributed by atoms with Gasteiger partial charge in [0.05, 0.1) is 29.0 Å². The minimum atomic E-state index is -3.50. The maximum absolute atomic E-state index is 13.3. The lowest BCUT2D eigenvalue weighted by atomic mass is 9.99. The summed E-state index contributed by atoms with van der Waals surface area (Å²) in [6.07, 6.45) is 0.997. The second-order valence-corrected chi connectivity index (χ2v) is 7.99. The van der Waals surface area contributed by atoms with Gasteiger partial charge in [-0.1, -0.05) is 28.9 Å². The van der Waals surface area contributed by atoms with Gasteiger partial charge in [0.1, 0.15) is 23.0 Å². The van der Waals surface area contributed by atoms with E-state index < -0.39 is 15.8 Å². The highest BCUT2D eigenvalue weighted by Crippen LogP contribution is 2.42. The molecule has 3 rings (SSSR count). The van der Waals surface area contributed by atoms with Crippen LogP contribution in [-0.4, -0.2) is 30.0 Å². The van der Waals surface area contributed by atoms with Crippen LogP contribution in [-0.2, 0) is 16.6 Å². The molecule has 1 heterocycles. The van der Waals surface area contributed by atoms with Crippen molar-refractivity contribution in [3.8, 4) is 33.9 Å². The normalized spacial score (nSPS) is 11.7. The van der Waals surface area contributed by atoms with E-state index in [1.54, 1.807) is 0 Å². The van der Waals surface area contributed by atoms with E-state index in [1.807, 2.05) is 0 Å². The van der Waals surface area contributed by atoms with E-state index in [0.717, 1.165) is 12.3 Å². The Morgan fingerprint density at radius 3 is 2.48 bits per heavy atom. The van der Waals surface area contributed by atoms with Crippen molar-refractivity contribution in [3.63, 3.8) is 0 Å². The fraction of sp³-hybridized carbons (Fsp3) is 0.118. The molecule has 3 N–H and O–H groups in total. The van der Waals surface area contributed by atoms with Gasteiger partial charge < -0.3 is 14.7 Å². The maximum atomic E-state index is 13.3. The Bertz CT molecular complexity index is 1100. The number of phenolic OH excluding ortho intramolecular Hbond substituents is 2. The number of hydrogen-bond donors (Lipinski definition) is 3. The van der Waals surface area contributed by atoms with Gasteiger partial charge in [-0.3, -0.25) is 0 Å². The number of aromatic hydroxyl groups is 2. The molecule has 0 saturated carbocycles. The van der Waals surface area contributed by atoms with Crippen LogP contribution in [0, 0.1) is 5.82 Å². The van der Waals surface area contributed by atoms with Crippen molar-refractivity contribution in [1.29, 1.82) is 0 Å². The molecule has 3 aromatic rings. The van der Waals surface area contributed by atoms with Gasteiger partial charge in [-0.2, -0.15) is 0 Å². The third-order valence-corrected chi connectivity index (χ3v) is 4.68. The first-order valence-electron chi connectivity index (χ1n) is 7.56. The van der Waals surface area contributed by atoms with E-state index in [1.165, 1.54) is 30.3 Å². The lowest BCUT2D eigenvalue weighted by Crippen LogP contribution is -2.21. The molecule has 0 bridgehead atoms. The number of rotatable bonds is 5. The zero-order valence-corrected chi connectivity index (χ0v) is 15.5. The summed E-state index contributed by atoms with van der Waals surface area (Å²) in [5, 5.41) is 23.6. The molecule has 0 aliphatic heterocycles. The number of nitrogens with zero attached hydrogens (tertiary/aromatic N) is 1. The Balaban J connectivity index is 2.18. The van der Waals surface area contributed by atoms with Crippen molar-refractivity contribution in [2.45, 2.75) is 6.54 Å². The Morgan fingerprint density at radius 1 is 1.19 bits per heavy atom. The summed E-state index contributed by atoms with van der Waals surface area (Å²) in [5.74, 6) is -1.01. The molecule has 0 spiro atoms. The average Bonchev–Trinajstić information content (AvgIpc) is 3.00. The fourth-order valence-electron chi connectivity index (χ4n) is 2.47. The van der Waals surface area contributed by atoms with Crippen LogP contribution in [0.15, 0.2) is 40.9 Å². The zero-order chi connectivity index (χ0) is 19.8. The Kier molecular flexibility index (Phi) is 5.09. The molecule has 0 amide bonds. The summed E-state index contributed by atoms with van der Waals surface area (Å²) in [6.45, 7) is -0.179. The third kappa shape index (κ3) is 4.21. The molecule has 0 unspecified atom stereocenters. The van der Waals surface area contributed by atoms with Gasteiger partial charge in [-0.05, 0) is 23.8 Å². The number of hydrogen-bond acceptors (Lipinski definition) is 6. The summed E-state index contributed by atoms with van der Waals surface area (Å²) in [7, 11) is -3.50. The molecular formula is C17H14ClFN2O5S. The highest BCUT2D eigenvalue weighted by atomic mass is 35.5. The molecule has 142 valence electrons. The van der Waals surface area contributed by atoms with Crippen molar-refractivity contribution in [2.24, 2.45) is 0 Å². The summed E-state index contributed by atoms with van der Waals surface area (Å²) >= 11 is 5.92. The first-order valence-corrected chi connectivity index (χ1v) is 9.83. The van der Waals surface area contributed by atoms with Crippen LogP contribution in [0.25, 0.3) is 22.5 Å². The second-order valence-electron chi connectivity index (χ2n) is 5.75. The second kappa shape index (κ2) is 7.18. The van der Waals surface area contributed by atoms with Crippen LogP contribution in [0.2, 0.25) is 5.02 Å². The van der Waals surface area contributed by atoms with Gasteiger partial charge in [-0.25, -0.2) is 17.5 Å². The van der Waals surface area contributed by atoms with Crippen LogP contribution < -0.4 is 4.72 Å². The minimum Gasteiger partial charge on any atom is -0.507 e. The first-order chi connectivity index (χ1) is 12.7. The Morgan fingerprint density at radius 2 is 1.85 bits per heavy atom. The van der Waals surface area contributed by atoms with Crippen LogP contribution in [0.1, 0.15) is 5.69 Å². The van der Waals surface area contributed by atoms with E-state index in [-0.39, 0.29) is 40.1 Å². The number of sulfonamides is 1. The quantitative estimate of drug-likeness (QED) is 0.593. The van der Waals surface area contributed by atoms with Gasteiger partial charge in [0.15, 0.2) is 5.76 Å². The topological polar surface area (TPSA) is 113 Å². The van der Waals surface area contributed by atoms with Gasteiger partial charge >= 0.3 is 0 Å². The van der Waals surface area contributed by atoms with Gasteiger partial charge in [0.25, 0.3) is 0 Å². The predicted molar refractivity (Wildman–Crippen MR) is 97.4 cm³/mol. The van der Waals surface area contributed by atoms with Crippen molar-refractivity contribution < 1.29 is 27.5 Å². The fourth-order valence-corrected chi connectivity index (χ4v) is 3.04. The molecule has 0 aliphatic rings. The summed E-state index contributed by atoms with van der Waals surface area (Å²) in [4.78, 5) is 0. The van der Waals surface area contributed by atoms with Crippen molar-refractivity contribution in [3.05, 3.63) is 52.9 Å². The van der Waals surface area contributed by atoms with Crippen LogP contribution in [0.4, 0.5) is 4.39 Å². The van der Waals surface area contributed by atoms with Crippen molar-refractivity contribution in [2.75, 3.05) is 6.26 Å². The monoisotopic (exact) mass is 412 g/mol. The Hall–Kier alpha value is -2.62. The number of benzene rings is 2. The summed E-state index contributed by atoms with van der Waals surface area (Å²) in [6, 6.07) is 7.71. The van der Waals surface area contributed by atoms with Gasteiger partial charge in [0.2, 0.25) is 10.0 Å². The van der Waals surface area contributed by atoms with Gasteiger partial charge in [0, 0.05) is 6.07 Å². The minimum absolute atomic E-state index is 0.0277. The van der Waals surface area contributed by atoms with Gasteiger partial charge in [-0.15, -0.1) is 0 Å². The third-order valence-electron chi connectivity index (χ3n) is 3.71. The molecule has 1 aromatic heterocycles. The highest BCUT2D eigenvalue weighted by molar-refractivity contribution is 7.88. The smallest absolute Gasteiger partial charge is 0.209 e. The molecule has 0 fully saturated rings. The average molecular weight is 413 g/mol. The molecule has 0 atom stereocenters. The molecule has 0 saturated heterocycles. The van der Waals surface area contributed by atoms with E-state index in [9.17, 15) is 23.0 Å². The van der Waals surface area contributed by atoms with Crippen LogP contribution in [0.3, 0.4) is 0 Å². The van der Waals surface area contributed by atoms with E-state index in [0.29, 0.717) is 11.1 Å². The maximum Gasteiger partial charge on any atom is 0.209 e. The lowest BCUT2D eigenvalue weighted by Gasteiger charge is -2.08. The van der Waals surface area contributed by atoms with Crippen LogP contribution >= 0.6 is 11.6 Å². The standard InChI is InChI=1S/C17H14ClFN2O5S/c1-27(24,25)20-8-13-16(9-2-4-10(19)5-3-9)17(26-21-13)11-6-12(18)15(23)7-14(11)22/h2-7,20,22-23H,8H2,1H3. The largest absolute Gasteiger partial charge is 0.507 e. The number of nitrogens with one attached hydrogen (secondary N) is 1. The molecular weight excluding hydrogens is 399 g/mol.